The summed E-state index contributed by atoms with van der Waals surface area (Å²) in [5.74, 6) is -0.541. The van der Waals surface area contributed by atoms with Crippen LogP contribution in [0.25, 0.3) is 0 Å². The molecular formula is C24H28N6O7S. The number of aromatic nitrogens is 4. The molecule has 2 fully saturated rings. The highest BCUT2D eigenvalue weighted by Crippen LogP contribution is 2.31. The molecule has 202 valence electrons. The van der Waals surface area contributed by atoms with E-state index in [4.69, 9.17) is 9.88 Å². The molecule has 0 unspecified atom stereocenters. The van der Waals surface area contributed by atoms with E-state index in [9.17, 15) is 23.4 Å². The van der Waals surface area contributed by atoms with Crippen molar-refractivity contribution in [2.75, 3.05) is 25.1 Å². The van der Waals surface area contributed by atoms with Gasteiger partial charge in [-0.05, 0) is 30.0 Å². The van der Waals surface area contributed by atoms with Crippen LogP contribution in [0.1, 0.15) is 40.0 Å². The van der Waals surface area contributed by atoms with Gasteiger partial charge in [0.05, 0.1) is 38.0 Å². The smallest absolute Gasteiger partial charge is 0.333 e. The second-order valence-electron chi connectivity index (χ2n) is 9.65. The summed E-state index contributed by atoms with van der Waals surface area (Å²) in [7, 11) is -4.11. The summed E-state index contributed by atoms with van der Waals surface area (Å²) in [5.41, 5.74) is 1.14. The average Bonchev–Trinajstić information content (AvgIpc) is 3.47. The molecule has 2 aliphatic rings. The van der Waals surface area contributed by atoms with Crippen LogP contribution in [0, 0.1) is 5.92 Å². The maximum Gasteiger partial charge on any atom is 0.333 e. The van der Waals surface area contributed by atoms with Gasteiger partial charge in [0.2, 0.25) is 5.78 Å². The molecule has 0 bridgehead atoms. The monoisotopic (exact) mass is 544 g/mol. The Kier molecular flexibility index (Phi) is 7.26. The molecule has 1 aliphatic carbocycles. The number of aliphatic hydroxyl groups excluding tert-OH is 1. The number of nitrogens with two attached hydrogens (primary N) is 1. The fourth-order valence-corrected chi connectivity index (χ4v) is 5.07. The van der Waals surface area contributed by atoms with Crippen molar-refractivity contribution in [2.45, 2.75) is 37.1 Å². The molecule has 3 heterocycles. The van der Waals surface area contributed by atoms with Crippen LogP contribution in [0.4, 0.5) is 5.82 Å². The van der Waals surface area contributed by atoms with Crippen molar-refractivity contribution in [1.82, 2.24) is 19.7 Å². The Hall–Kier alpha value is -3.27. The van der Waals surface area contributed by atoms with E-state index in [1.165, 1.54) is 12.5 Å². The zero-order valence-electron chi connectivity index (χ0n) is 20.3. The largest absolute Gasteiger partial charge is 0.393 e. The minimum absolute atomic E-state index is 0.205. The van der Waals surface area contributed by atoms with Crippen molar-refractivity contribution >= 4 is 21.9 Å². The zero-order valence-corrected chi connectivity index (χ0v) is 21.1. The number of nitrogens with zero attached hydrogens (tertiary/aromatic N) is 4. The molecule has 2 aromatic heterocycles. The summed E-state index contributed by atoms with van der Waals surface area (Å²) >= 11 is 0. The summed E-state index contributed by atoms with van der Waals surface area (Å²) in [6.45, 7) is 0.685. The highest BCUT2D eigenvalue weighted by atomic mass is 32.2. The van der Waals surface area contributed by atoms with E-state index in [2.05, 4.69) is 24.6 Å². The topological polar surface area (TPSA) is 192 Å². The number of carbonyl (C=O) groups excluding carboxylic acids is 1. The predicted octanol–water partition coefficient (Wildman–Crippen LogP) is -0.0583. The van der Waals surface area contributed by atoms with Gasteiger partial charge in [-0.3, -0.25) is 13.7 Å². The van der Waals surface area contributed by atoms with Crippen molar-refractivity contribution in [1.29, 1.82) is 0 Å². The molecule has 3 atom stereocenters. The number of anilines is 1. The van der Waals surface area contributed by atoms with E-state index >= 15 is 0 Å². The first-order chi connectivity index (χ1) is 18.1. The second kappa shape index (κ2) is 10.5. The lowest BCUT2D eigenvalue weighted by atomic mass is 9.91. The van der Waals surface area contributed by atoms with Crippen LogP contribution in [-0.4, -0.2) is 76.1 Å². The maximum absolute atomic E-state index is 13.3. The van der Waals surface area contributed by atoms with Crippen LogP contribution in [0.3, 0.4) is 0 Å². The van der Waals surface area contributed by atoms with E-state index in [0.717, 1.165) is 11.1 Å². The molecule has 0 amide bonds. The number of aliphatic hydroxyl groups is 2. The first-order valence-electron chi connectivity index (χ1n) is 12.0. The molecule has 0 radical (unpaired) electrons. The van der Waals surface area contributed by atoms with Crippen molar-refractivity contribution < 1.29 is 32.3 Å². The molecule has 0 spiro atoms. The van der Waals surface area contributed by atoms with Gasteiger partial charge >= 0.3 is 10.3 Å². The normalized spacial score (nSPS) is 22.7. The number of ketones is 1. The number of carbonyl (C=O) groups is 1. The summed E-state index contributed by atoms with van der Waals surface area (Å²) in [6.07, 6.45) is 4.30. The Morgan fingerprint density at radius 2 is 2.11 bits per heavy atom. The SMILES string of the molecule is NS(=O)(=O)OC[C@H]1C[C@@H](Nc2ncncc2C(=O)c2ccn(Cc3cccc(C4(O)COC4)c3)n2)C[C@@H]1O. The Morgan fingerprint density at radius 1 is 1.29 bits per heavy atom. The standard InChI is InChI=1S/C24H28N6O7S/c25-38(34,35)37-11-16-7-18(8-21(16)31)28-23-19(9-26-14-27-23)22(32)20-4-5-30(29-20)10-15-2-1-3-17(6-15)24(33)12-36-13-24/h1-6,9,14,16,18,21,31,33H,7-8,10-13H2,(H2,25,34,35)(H,26,27,28)/t16-,18-,21+/m1/s1. The average molecular weight is 545 g/mol. The van der Waals surface area contributed by atoms with Gasteiger partial charge < -0.3 is 20.3 Å². The number of hydrogen-bond donors (Lipinski definition) is 4. The van der Waals surface area contributed by atoms with Gasteiger partial charge in [0, 0.05) is 24.4 Å². The maximum atomic E-state index is 13.3. The van der Waals surface area contributed by atoms with Crippen molar-refractivity contribution in [3.63, 3.8) is 0 Å². The predicted molar refractivity (Wildman–Crippen MR) is 133 cm³/mol. The zero-order chi connectivity index (χ0) is 26.9. The summed E-state index contributed by atoms with van der Waals surface area (Å²) in [4.78, 5) is 21.5. The highest BCUT2D eigenvalue weighted by molar-refractivity contribution is 7.84. The van der Waals surface area contributed by atoms with Crippen molar-refractivity contribution in [2.24, 2.45) is 11.1 Å². The highest BCUT2D eigenvalue weighted by Gasteiger charge is 2.38. The lowest BCUT2D eigenvalue weighted by Crippen LogP contribution is -2.46. The fraction of sp³-hybridized carbons (Fsp3) is 0.417. The van der Waals surface area contributed by atoms with Crippen LogP contribution >= 0.6 is 0 Å². The third-order valence-electron chi connectivity index (χ3n) is 6.77. The van der Waals surface area contributed by atoms with E-state index in [0.29, 0.717) is 19.4 Å². The number of hydrogen-bond acceptors (Lipinski definition) is 11. The Bertz CT molecular complexity index is 1420. The number of nitrogens with one attached hydrogen (secondary N) is 1. The molecule has 5 rings (SSSR count). The fourth-order valence-electron chi connectivity index (χ4n) is 4.70. The molecule has 13 nitrogen and oxygen atoms in total. The molecule has 5 N–H and O–H groups in total. The Balaban J connectivity index is 1.26. The van der Waals surface area contributed by atoms with Gasteiger partial charge in [-0.15, -0.1) is 0 Å². The molecule has 1 aromatic carbocycles. The van der Waals surface area contributed by atoms with Gasteiger partial charge in [0.1, 0.15) is 23.4 Å². The van der Waals surface area contributed by atoms with Crippen LogP contribution in [0.2, 0.25) is 0 Å². The van der Waals surface area contributed by atoms with Crippen molar-refractivity contribution in [3.8, 4) is 0 Å². The number of ether oxygens (including phenoxy) is 1. The van der Waals surface area contributed by atoms with E-state index in [1.807, 2.05) is 24.3 Å². The van der Waals surface area contributed by atoms with Crippen LogP contribution in [-0.2, 0) is 31.4 Å². The van der Waals surface area contributed by atoms with E-state index < -0.39 is 27.9 Å². The first-order valence-corrected chi connectivity index (χ1v) is 13.5. The van der Waals surface area contributed by atoms with Gasteiger partial charge in [-0.25, -0.2) is 15.1 Å². The molecule has 3 aromatic rings. The molecule has 1 saturated heterocycles. The lowest BCUT2D eigenvalue weighted by Gasteiger charge is -2.36. The quantitative estimate of drug-likeness (QED) is 0.250. The van der Waals surface area contributed by atoms with Gasteiger partial charge in [0.15, 0.2) is 0 Å². The lowest BCUT2D eigenvalue weighted by molar-refractivity contribution is -0.184. The third kappa shape index (κ3) is 5.90. The Morgan fingerprint density at radius 3 is 2.84 bits per heavy atom. The number of benzene rings is 1. The summed E-state index contributed by atoms with van der Waals surface area (Å²) < 4.78 is 33.6. The van der Waals surface area contributed by atoms with E-state index in [1.54, 1.807) is 16.9 Å². The van der Waals surface area contributed by atoms with Gasteiger partial charge in [0.25, 0.3) is 0 Å². The van der Waals surface area contributed by atoms with Crippen LogP contribution < -0.4 is 10.5 Å². The third-order valence-corrected chi connectivity index (χ3v) is 7.23. The minimum atomic E-state index is -4.11. The minimum Gasteiger partial charge on any atom is -0.393 e. The second-order valence-corrected chi connectivity index (χ2v) is 10.9. The van der Waals surface area contributed by atoms with Crippen LogP contribution in [0.15, 0.2) is 49.1 Å². The number of rotatable bonds is 10. The van der Waals surface area contributed by atoms with Gasteiger partial charge in [-0.2, -0.15) is 13.5 Å². The van der Waals surface area contributed by atoms with Crippen LogP contribution in [0.5, 0.6) is 0 Å². The first kappa shape index (κ1) is 26.3. The van der Waals surface area contributed by atoms with Gasteiger partial charge in [-0.1, -0.05) is 24.3 Å². The Labute approximate surface area is 218 Å². The van der Waals surface area contributed by atoms with Crippen molar-refractivity contribution in [3.05, 3.63) is 71.4 Å². The van der Waals surface area contributed by atoms with E-state index in [-0.39, 0.29) is 48.7 Å². The molecule has 38 heavy (non-hydrogen) atoms. The molecule has 1 saturated carbocycles. The summed E-state index contributed by atoms with van der Waals surface area (Å²) in [5, 5.41) is 33.3. The molecule has 1 aliphatic heterocycles. The molecule has 14 heteroatoms. The summed E-state index contributed by atoms with van der Waals surface area (Å²) in [6, 6.07) is 8.86. The molecular weight excluding hydrogens is 516 g/mol.